The smallest absolute Gasteiger partial charge is 0.357 e. The molecule has 0 saturated heterocycles. The van der Waals surface area contributed by atoms with E-state index in [9.17, 15) is 4.79 Å². The average molecular weight is 247 g/mol. The summed E-state index contributed by atoms with van der Waals surface area (Å²) in [6.45, 7) is 6.09. The van der Waals surface area contributed by atoms with E-state index in [-0.39, 0.29) is 6.10 Å². The largest absolute Gasteiger partial charge is 0.458 e. The fourth-order valence-corrected chi connectivity index (χ4v) is 1.89. The van der Waals surface area contributed by atoms with Crippen molar-refractivity contribution in [3.05, 3.63) is 24.2 Å². The monoisotopic (exact) mass is 247 g/mol. The van der Waals surface area contributed by atoms with Gasteiger partial charge in [0.2, 0.25) is 0 Å². The molecule has 0 radical (unpaired) electrons. The van der Waals surface area contributed by atoms with E-state index in [1.54, 1.807) is 18.5 Å². The summed E-state index contributed by atoms with van der Waals surface area (Å²) in [6.07, 6.45) is 2.29. The van der Waals surface area contributed by atoms with Crippen LogP contribution in [0.5, 0.6) is 0 Å². The first-order chi connectivity index (χ1) is 8.56. The number of rotatable bonds is 4. The molecule has 0 amide bonds. The maximum atomic E-state index is 11.9. The molecule has 0 aliphatic carbocycles. The molecule has 0 fully saturated rings. The van der Waals surface area contributed by atoms with Gasteiger partial charge < -0.3 is 9.72 Å². The zero-order valence-electron chi connectivity index (χ0n) is 10.8. The molecule has 1 N–H and O–H groups in total. The number of pyridine rings is 1. The molecule has 18 heavy (non-hydrogen) atoms. The van der Waals surface area contributed by atoms with Crippen molar-refractivity contribution in [3.8, 4) is 0 Å². The molecule has 0 aliphatic rings. The number of hydrogen-bond acceptors (Lipinski definition) is 4. The first kappa shape index (κ1) is 12.5. The Labute approximate surface area is 106 Å². The van der Waals surface area contributed by atoms with Gasteiger partial charge in [0.15, 0.2) is 11.3 Å². The summed E-state index contributed by atoms with van der Waals surface area (Å²) in [5.41, 5.74) is 1.63. The fourth-order valence-electron chi connectivity index (χ4n) is 1.89. The van der Waals surface area contributed by atoms with Gasteiger partial charge in [-0.3, -0.25) is 0 Å². The van der Waals surface area contributed by atoms with Crippen LogP contribution in [0.15, 0.2) is 18.5 Å². The zero-order valence-corrected chi connectivity index (χ0v) is 10.8. The number of H-pyrrole nitrogens is 1. The summed E-state index contributed by atoms with van der Waals surface area (Å²) in [5.74, 6) is 0.0997. The molecule has 5 nitrogen and oxygen atoms in total. The Morgan fingerprint density at radius 3 is 2.89 bits per heavy atom. The van der Waals surface area contributed by atoms with Crippen molar-refractivity contribution in [1.82, 2.24) is 15.0 Å². The Hall–Kier alpha value is -1.91. The lowest BCUT2D eigenvalue weighted by atomic mass is 10.1. The van der Waals surface area contributed by atoms with E-state index in [1.165, 1.54) is 0 Å². The van der Waals surface area contributed by atoms with E-state index in [0.717, 1.165) is 11.9 Å². The van der Waals surface area contributed by atoms with E-state index in [0.29, 0.717) is 17.3 Å². The van der Waals surface area contributed by atoms with Crippen LogP contribution in [0.2, 0.25) is 0 Å². The normalized spacial score (nSPS) is 12.9. The molecule has 0 bridgehead atoms. The minimum atomic E-state index is -0.395. The number of carbonyl (C=O) groups excluding carboxylic acids is 1. The second-order valence-electron chi connectivity index (χ2n) is 4.82. The van der Waals surface area contributed by atoms with Gasteiger partial charge in [-0.05, 0) is 31.4 Å². The van der Waals surface area contributed by atoms with Crippen LogP contribution in [0.4, 0.5) is 0 Å². The summed E-state index contributed by atoms with van der Waals surface area (Å²) < 4.78 is 5.33. The van der Waals surface area contributed by atoms with E-state index >= 15 is 0 Å². The van der Waals surface area contributed by atoms with Crippen LogP contribution >= 0.6 is 0 Å². The third-order valence-corrected chi connectivity index (χ3v) is 2.60. The van der Waals surface area contributed by atoms with Gasteiger partial charge in [-0.15, -0.1) is 0 Å². The van der Waals surface area contributed by atoms with Crippen molar-refractivity contribution in [1.29, 1.82) is 0 Å². The van der Waals surface area contributed by atoms with Crippen molar-refractivity contribution >= 4 is 17.1 Å². The lowest BCUT2D eigenvalue weighted by Gasteiger charge is -2.14. The van der Waals surface area contributed by atoms with Crippen LogP contribution in [0, 0.1) is 5.92 Å². The number of carbonyl (C=O) groups is 1. The molecule has 2 aromatic heterocycles. The minimum absolute atomic E-state index is 0.103. The quantitative estimate of drug-likeness (QED) is 0.843. The number of esters is 1. The maximum Gasteiger partial charge on any atom is 0.357 e. The number of ether oxygens (including phenoxy) is 1. The zero-order chi connectivity index (χ0) is 13.1. The molecule has 96 valence electrons. The number of nitrogens with one attached hydrogen (secondary N) is 1. The third kappa shape index (κ3) is 2.85. The van der Waals surface area contributed by atoms with Crippen molar-refractivity contribution in [2.45, 2.75) is 33.3 Å². The fraction of sp³-hybridized carbons (Fsp3) is 0.462. The van der Waals surface area contributed by atoms with Gasteiger partial charge in [0.25, 0.3) is 0 Å². The first-order valence-electron chi connectivity index (χ1n) is 6.07. The molecular formula is C13H17N3O2. The number of hydrogen-bond donors (Lipinski definition) is 1. The van der Waals surface area contributed by atoms with Crippen LogP contribution in [0.3, 0.4) is 0 Å². The molecule has 5 heteroatoms. The first-order valence-corrected chi connectivity index (χ1v) is 6.07. The molecular weight excluding hydrogens is 230 g/mol. The Morgan fingerprint density at radius 2 is 2.17 bits per heavy atom. The van der Waals surface area contributed by atoms with Crippen LogP contribution < -0.4 is 0 Å². The summed E-state index contributed by atoms with van der Waals surface area (Å²) in [5, 5.41) is 0. The van der Waals surface area contributed by atoms with Crippen molar-refractivity contribution in [2.24, 2.45) is 5.92 Å². The van der Waals surface area contributed by atoms with Crippen LogP contribution in [-0.4, -0.2) is 27.0 Å². The molecule has 0 spiro atoms. The van der Waals surface area contributed by atoms with Gasteiger partial charge in [-0.1, -0.05) is 13.8 Å². The molecule has 0 aliphatic heterocycles. The lowest BCUT2D eigenvalue weighted by Crippen LogP contribution is -2.17. The Morgan fingerprint density at radius 1 is 1.39 bits per heavy atom. The highest BCUT2D eigenvalue weighted by Gasteiger charge is 2.15. The van der Waals surface area contributed by atoms with Crippen molar-refractivity contribution < 1.29 is 9.53 Å². The summed E-state index contributed by atoms with van der Waals surface area (Å²) in [4.78, 5) is 23.0. The molecule has 0 aromatic carbocycles. The van der Waals surface area contributed by atoms with Gasteiger partial charge in [0, 0.05) is 0 Å². The van der Waals surface area contributed by atoms with Crippen molar-refractivity contribution in [2.75, 3.05) is 0 Å². The number of aromatic amines is 1. The van der Waals surface area contributed by atoms with E-state index in [1.807, 2.05) is 6.92 Å². The number of fused-ring (bicyclic) bond motifs is 1. The molecule has 1 unspecified atom stereocenters. The van der Waals surface area contributed by atoms with E-state index in [2.05, 4.69) is 28.8 Å². The standard InChI is InChI=1S/C13H17N3O2/c1-8(2)6-9(3)18-13(17)11-5-4-10-12(16-11)15-7-14-10/h4-5,7-9H,6H2,1-3H3,(H,14,15,16). The summed E-state index contributed by atoms with van der Waals surface area (Å²) in [7, 11) is 0. The SMILES string of the molecule is CC(C)CC(C)OC(=O)c1ccc2[nH]cnc2n1. The topological polar surface area (TPSA) is 67.9 Å². The highest BCUT2D eigenvalue weighted by atomic mass is 16.5. The van der Waals surface area contributed by atoms with E-state index < -0.39 is 5.97 Å². The van der Waals surface area contributed by atoms with Crippen LogP contribution in [-0.2, 0) is 4.74 Å². The highest BCUT2D eigenvalue weighted by Crippen LogP contribution is 2.12. The van der Waals surface area contributed by atoms with Gasteiger partial charge in [0.05, 0.1) is 17.9 Å². The summed E-state index contributed by atoms with van der Waals surface area (Å²) >= 11 is 0. The molecule has 0 saturated carbocycles. The van der Waals surface area contributed by atoms with E-state index in [4.69, 9.17) is 4.74 Å². The summed E-state index contributed by atoms with van der Waals surface area (Å²) in [6, 6.07) is 3.42. The lowest BCUT2D eigenvalue weighted by molar-refractivity contribution is 0.0293. The number of imidazole rings is 1. The molecule has 2 heterocycles. The van der Waals surface area contributed by atoms with Crippen LogP contribution in [0.1, 0.15) is 37.7 Å². The predicted molar refractivity (Wildman–Crippen MR) is 68.2 cm³/mol. The number of aromatic nitrogens is 3. The Kier molecular flexibility index (Phi) is 3.60. The second-order valence-corrected chi connectivity index (χ2v) is 4.82. The average Bonchev–Trinajstić information content (AvgIpc) is 2.74. The Balaban J connectivity index is 2.08. The van der Waals surface area contributed by atoms with Gasteiger partial charge >= 0.3 is 5.97 Å². The molecule has 2 rings (SSSR count). The van der Waals surface area contributed by atoms with Crippen LogP contribution in [0.25, 0.3) is 11.2 Å². The van der Waals surface area contributed by atoms with Gasteiger partial charge in [-0.2, -0.15) is 0 Å². The van der Waals surface area contributed by atoms with Crippen molar-refractivity contribution in [3.63, 3.8) is 0 Å². The van der Waals surface area contributed by atoms with Gasteiger partial charge in [0.1, 0.15) is 0 Å². The highest BCUT2D eigenvalue weighted by molar-refractivity contribution is 5.89. The minimum Gasteiger partial charge on any atom is -0.458 e. The number of nitrogens with zero attached hydrogens (tertiary/aromatic N) is 2. The maximum absolute atomic E-state index is 11.9. The molecule has 1 atom stereocenters. The van der Waals surface area contributed by atoms with Gasteiger partial charge in [-0.25, -0.2) is 14.8 Å². The molecule has 2 aromatic rings. The predicted octanol–water partition coefficient (Wildman–Crippen LogP) is 2.55. The second kappa shape index (κ2) is 5.16. The third-order valence-electron chi connectivity index (χ3n) is 2.60. The Bertz CT molecular complexity index is 548.